The number of benzene rings is 1. The van der Waals surface area contributed by atoms with E-state index < -0.39 is 0 Å². The second-order valence-electron chi connectivity index (χ2n) is 5.07. The summed E-state index contributed by atoms with van der Waals surface area (Å²) in [7, 11) is 0. The van der Waals surface area contributed by atoms with Gasteiger partial charge in [-0.25, -0.2) is 0 Å². The van der Waals surface area contributed by atoms with Crippen molar-refractivity contribution in [1.29, 1.82) is 0 Å². The fourth-order valence-corrected chi connectivity index (χ4v) is 2.84. The third-order valence-corrected chi connectivity index (χ3v) is 3.89. The van der Waals surface area contributed by atoms with E-state index in [9.17, 15) is 4.79 Å². The van der Waals surface area contributed by atoms with Crippen LogP contribution in [0.25, 0.3) is 0 Å². The highest BCUT2D eigenvalue weighted by Crippen LogP contribution is 2.24. The Morgan fingerprint density at radius 2 is 2.17 bits per heavy atom. The predicted molar refractivity (Wildman–Crippen MR) is 95.5 cm³/mol. The summed E-state index contributed by atoms with van der Waals surface area (Å²) in [5.41, 5.74) is 1.06. The molecule has 1 aliphatic heterocycles. The van der Waals surface area contributed by atoms with E-state index in [0.717, 1.165) is 18.7 Å². The number of carbonyl (C=O) groups excluding carboxylic acids is 1. The maximum absolute atomic E-state index is 12.5. The molecule has 1 amide bonds. The van der Waals surface area contributed by atoms with Crippen molar-refractivity contribution >= 4 is 42.3 Å². The number of rotatable bonds is 3. The molecule has 8 heteroatoms. The molecule has 0 aliphatic carbocycles. The first-order valence-electron chi connectivity index (χ1n) is 6.97. The van der Waals surface area contributed by atoms with Crippen LogP contribution in [-0.2, 0) is 11.3 Å². The first-order chi connectivity index (χ1) is 10.2. The maximum Gasteiger partial charge on any atom is 0.244 e. The lowest BCUT2D eigenvalue weighted by Crippen LogP contribution is -2.49. The van der Waals surface area contributed by atoms with Crippen LogP contribution < -0.4 is 5.32 Å². The van der Waals surface area contributed by atoms with Crippen molar-refractivity contribution < 1.29 is 4.79 Å². The molecule has 1 atom stereocenters. The van der Waals surface area contributed by atoms with Gasteiger partial charge in [0.05, 0.1) is 6.04 Å². The van der Waals surface area contributed by atoms with E-state index >= 15 is 0 Å². The molecular weight excluding hydrogens is 359 g/mol. The Morgan fingerprint density at radius 1 is 1.35 bits per heavy atom. The zero-order valence-corrected chi connectivity index (χ0v) is 14.8. The molecule has 5 nitrogen and oxygen atoms in total. The first-order valence-corrected chi connectivity index (χ1v) is 7.35. The van der Waals surface area contributed by atoms with E-state index in [-0.39, 0.29) is 43.3 Å². The number of amides is 1. The molecule has 1 fully saturated rings. The average molecular weight is 378 g/mol. The molecule has 0 spiro atoms. The van der Waals surface area contributed by atoms with Crippen molar-refractivity contribution in [1.82, 2.24) is 20.0 Å². The van der Waals surface area contributed by atoms with Gasteiger partial charge in [-0.15, -0.1) is 24.8 Å². The fourth-order valence-electron chi connectivity index (χ4n) is 2.64. The highest BCUT2D eigenvalue weighted by Gasteiger charge is 2.27. The Morgan fingerprint density at radius 3 is 2.87 bits per heavy atom. The molecule has 1 unspecified atom stereocenters. The summed E-state index contributed by atoms with van der Waals surface area (Å²) >= 11 is 6.07. The van der Waals surface area contributed by atoms with Crippen LogP contribution >= 0.6 is 36.4 Å². The molecule has 2 aromatic rings. The SMILES string of the molecule is Cl.Cl.O=C(Cn1cccn1)N1CCNCC1c1cccc(Cl)c1. The lowest BCUT2D eigenvalue weighted by Gasteiger charge is -2.36. The summed E-state index contributed by atoms with van der Waals surface area (Å²) in [5.74, 6) is 0.0742. The van der Waals surface area contributed by atoms with E-state index in [1.165, 1.54) is 0 Å². The van der Waals surface area contributed by atoms with Crippen molar-refractivity contribution in [3.8, 4) is 0 Å². The minimum Gasteiger partial charge on any atom is -0.331 e. The average Bonchev–Trinajstić information content (AvgIpc) is 3.00. The zero-order chi connectivity index (χ0) is 14.7. The standard InChI is InChI=1S/C15H17ClN4O.2ClH/c16-13-4-1-3-12(9-13)14-10-17-6-8-20(14)15(21)11-19-7-2-5-18-19;;/h1-5,7,9,14,17H,6,8,10-11H2;2*1H. The fraction of sp³-hybridized carbons (Fsp3) is 0.333. The van der Waals surface area contributed by atoms with Crippen LogP contribution in [0, 0.1) is 0 Å². The van der Waals surface area contributed by atoms with Gasteiger partial charge < -0.3 is 10.2 Å². The molecule has 23 heavy (non-hydrogen) atoms. The van der Waals surface area contributed by atoms with Gasteiger partial charge in [0.2, 0.25) is 5.91 Å². The Kier molecular flexibility index (Phi) is 7.85. The molecule has 1 N–H and O–H groups in total. The minimum atomic E-state index is 0. The number of nitrogens with one attached hydrogen (secondary N) is 1. The molecule has 2 heterocycles. The number of halogens is 3. The van der Waals surface area contributed by atoms with Gasteiger partial charge in [-0.3, -0.25) is 9.48 Å². The molecule has 1 aliphatic rings. The van der Waals surface area contributed by atoms with Crippen LogP contribution in [0.3, 0.4) is 0 Å². The Balaban J connectivity index is 0.00000132. The second-order valence-corrected chi connectivity index (χ2v) is 5.50. The summed E-state index contributed by atoms with van der Waals surface area (Å²) in [5, 5.41) is 8.12. The van der Waals surface area contributed by atoms with Crippen molar-refractivity contribution in [2.24, 2.45) is 0 Å². The Hall–Kier alpha value is -1.27. The van der Waals surface area contributed by atoms with Gasteiger partial charge in [-0.2, -0.15) is 5.10 Å². The molecule has 0 saturated carbocycles. The third-order valence-electron chi connectivity index (χ3n) is 3.65. The zero-order valence-electron chi connectivity index (χ0n) is 12.4. The number of hydrogen-bond acceptors (Lipinski definition) is 3. The molecule has 0 radical (unpaired) electrons. The number of aromatic nitrogens is 2. The molecule has 1 aromatic carbocycles. The van der Waals surface area contributed by atoms with Crippen molar-refractivity contribution in [2.75, 3.05) is 19.6 Å². The molecule has 1 aromatic heterocycles. The van der Waals surface area contributed by atoms with Gasteiger partial charge in [0.1, 0.15) is 6.54 Å². The number of piperazine rings is 1. The van der Waals surface area contributed by atoms with Gasteiger partial charge in [0.25, 0.3) is 0 Å². The molecule has 126 valence electrons. The summed E-state index contributed by atoms with van der Waals surface area (Å²) in [6, 6.07) is 9.53. The Bertz CT molecular complexity index is 621. The van der Waals surface area contributed by atoms with E-state index in [1.807, 2.05) is 35.2 Å². The molecule has 0 bridgehead atoms. The quantitative estimate of drug-likeness (QED) is 0.894. The largest absolute Gasteiger partial charge is 0.331 e. The third kappa shape index (κ3) is 4.85. The molecule has 3 rings (SSSR count). The van der Waals surface area contributed by atoms with Crippen LogP contribution in [-0.4, -0.2) is 40.2 Å². The highest BCUT2D eigenvalue weighted by molar-refractivity contribution is 6.30. The van der Waals surface area contributed by atoms with E-state index in [1.54, 1.807) is 17.1 Å². The van der Waals surface area contributed by atoms with Gasteiger partial charge in [-0.1, -0.05) is 23.7 Å². The van der Waals surface area contributed by atoms with Crippen LogP contribution in [0.5, 0.6) is 0 Å². The maximum atomic E-state index is 12.5. The van der Waals surface area contributed by atoms with Gasteiger partial charge in [0, 0.05) is 37.1 Å². The second kappa shape index (κ2) is 9.13. The monoisotopic (exact) mass is 376 g/mol. The van der Waals surface area contributed by atoms with Crippen molar-refractivity contribution in [3.63, 3.8) is 0 Å². The minimum absolute atomic E-state index is 0. The van der Waals surface area contributed by atoms with Crippen molar-refractivity contribution in [2.45, 2.75) is 12.6 Å². The van der Waals surface area contributed by atoms with E-state index in [0.29, 0.717) is 11.6 Å². The van der Waals surface area contributed by atoms with E-state index in [4.69, 9.17) is 11.6 Å². The number of nitrogens with zero attached hydrogens (tertiary/aromatic N) is 3. The lowest BCUT2D eigenvalue weighted by molar-refractivity contribution is -0.135. The summed E-state index contributed by atoms with van der Waals surface area (Å²) in [6.07, 6.45) is 3.48. The number of hydrogen-bond donors (Lipinski definition) is 1. The van der Waals surface area contributed by atoms with Crippen LogP contribution in [0.2, 0.25) is 5.02 Å². The summed E-state index contributed by atoms with van der Waals surface area (Å²) in [6.45, 7) is 2.51. The smallest absolute Gasteiger partial charge is 0.244 e. The first kappa shape index (κ1) is 19.8. The highest BCUT2D eigenvalue weighted by atomic mass is 35.5. The molecule has 1 saturated heterocycles. The van der Waals surface area contributed by atoms with Crippen LogP contribution in [0.1, 0.15) is 11.6 Å². The van der Waals surface area contributed by atoms with Crippen LogP contribution in [0.4, 0.5) is 0 Å². The predicted octanol–water partition coefficient (Wildman–Crippen LogP) is 2.55. The Labute approximate surface area is 152 Å². The normalized spacial score (nSPS) is 17.1. The van der Waals surface area contributed by atoms with Crippen molar-refractivity contribution in [3.05, 3.63) is 53.3 Å². The van der Waals surface area contributed by atoms with Crippen LogP contribution in [0.15, 0.2) is 42.7 Å². The topological polar surface area (TPSA) is 50.2 Å². The lowest BCUT2D eigenvalue weighted by atomic mass is 10.0. The molecular formula is C15H19Cl3N4O. The number of carbonyl (C=O) groups is 1. The van der Waals surface area contributed by atoms with Gasteiger partial charge >= 0.3 is 0 Å². The van der Waals surface area contributed by atoms with E-state index in [2.05, 4.69) is 10.4 Å². The van der Waals surface area contributed by atoms with Gasteiger partial charge in [0.15, 0.2) is 0 Å². The van der Waals surface area contributed by atoms with Gasteiger partial charge in [-0.05, 0) is 23.8 Å². The summed E-state index contributed by atoms with van der Waals surface area (Å²) in [4.78, 5) is 14.4. The summed E-state index contributed by atoms with van der Waals surface area (Å²) < 4.78 is 1.65.